The number of rotatable bonds is 7. The maximum absolute atomic E-state index is 12.2. The van der Waals surface area contributed by atoms with Crippen LogP contribution in [-0.2, 0) is 0 Å². The SMILES string of the molecule is CC[C@@H](CO)Nc1ccc([N+](=O)[O-])c(OC(F)F)c1. The second kappa shape index (κ2) is 6.83. The third kappa shape index (κ3) is 4.32. The molecule has 2 N–H and O–H groups in total. The van der Waals surface area contributed by atoms with Gasteiger partial charge in [-0.3, -0.25) is 10.1 Å². The van der Waals surface area contributed by atoms with Gasteiger partial charge in [-0.05, 0) is 12.5 Å². The summed E-state index contributed by atoms with van der Waals surface area (Å²) in [7, 11) is 0. The Morgan fingerprint density at radius 2 is 2.21 bits per heavy atom. The van der Waals surface area contributed by atoms with Gasteiger partial charge < -0.3 is 15.2 Å². The number of aliphatic hydroxyl groups excluding tert-OH is 1. The van der Waals surface area contributed by atoms with Crippen LogP contribution in [0, 0.1) is 10.1 Å². The third-order valence-corrected chi connectivity index (χ3v) is 2.46. The van der Waals surface area contributed by atoms with E-state index < -0.39 is 23.0 Å². The molecule has 0 spiro atoms. The number of hydrogen-bond donors (Lipinski definition) is 2. The first-order chi connectivity index (χ1) is 8.97. The van der Waals surface area contributed by atoms with E-state index in [-0.39, 0.29) is 12.6 Å². The Kier molecular flexibility index (Phi) is 5.43. The molecule has 0 radical (unpaired) electrons. The second-order valence-electron chi connectivity index (χ2n) is 3.75. The molecule has 8 heteroatoms. The van der Waals surface area contributed by atoms with Crippen molar-refractivity contribution in [2.75, 3.05) is 11.9 Å². The minimum atomic E-state index is -3.14. The number of anilines is 1. The molecule has 0 saturated heterocycles. The highest BCUT2D eigenvalue weighted by molar-refractivity contribution is 5.58. The quantitative estimate of drug-likeness (QED) is 0.590. The van der Waals surface area contributed by atoms with Crippen LogP contribution >= 0.6 is 0 Å². The van der Waals surface area contributed by atoms with Gasteiger partial charge >= 0.3 is 12.3 Å². The lowest BCUT2D eigenvalue weighted by Gasteiger charge is -2.16. The summed E-state index contributed by atoms with van der Waals surface area (Å²) in [5, 5.41) is 22.6. The van der Waals surface area contributed by atoms with Gasteiger partial charge in [-0.25, -0.2) is 0 Å². The molecule has 0 amide bonds. The zero-order chi connectivity index (χ0) is 14.4. The topological polar surface area (TPSA) is 84.6 Å². The number of halogens is 2. The molecule has 0 unspecified atom stereocenters. The van der Waals surface area contributed by atoms with E-state index in [4.69, 9.17) is 5.11 Å². The molecule has 0 saturated carbocycles. The number of nitrogens with zero attached hydrogens (tertiary/aromatic N) is 1. The summed E-state index contributed by atoms with van der Waals surface area (Å²) < 4.78 is 28.5. The van der Waals surface area contributed by atoms with E-state index in [2.05, 4.69) is 10.1 Å². The number of nitro groups is 1. The van der Waals surface area contributed by atoms with Crippen molar-refractivity contribution in [1.82, 2.24) is 0 Å². The summed E-state index contributed by atoms with van der Waals surface area (Å²) in [6.45, 7) is -1.46. The molecular weight excluding hydrogens is 262 g/mol. The van der Waals surface area contributed by atoms with Crippen molar-refractivity contribution in [3.63, 3.8) is 0 Å². The summed E-state index contributed by atoms with van der Waals surface area (Å²) in [6.07, 6.45) is 0.610. The van der Waals surface area contributed by atoms with Gasteiger partial charge in [0, 0.05) is 23.9 Å². The summed E-state index contributed by atoms with van der Waals surface area (Å²) in [5.74, 6) is -0.516. The lowest BCUT2D eigenvalue weighted by molar-refractivity contribution is -0.386. The lowest BCUT2D eigenvalue weighted by atomic mass is 10.2. The smallest absolute Gasteiger partial charge is 0.387 e. The standard InChI is InChI=1S/C11H14F2N2O4/c1-2-7(6-16)14-8-3-4-9(15(17)18)10(5-8)19-11(12)13/h3-5,7,11,14,16H,2,6H2,1H3/t7-/m0/s1. The van der Waals surface area contributed by atoms with Crippen LogP contribution in [0.1, 0.15) is 13.3 Å². The van der Waals surface area contributed by atoms with Crippen molar-refractivity contribution in [1.29, 1.82) is 0 Å². The Morgan fingerprint density at radius 1 is 1.53 bits per heavy atom. The van der Waals surface area contributed by atoms with Crippen molar-refractivity contribution < 1.29 is 23.5 Å². The zero-order valence-corrected chi connectivity index (χ0v) is 10.2. The monoisotopic (exact) mass is 276 g/mol. The number of ether oxygens (including phenoxy) is 1. The van der Waals surface area contributed by atoms with Gasteiger partial charge in [0.15, 0.2) is 0 Å². The van der Waals surface area contributed by atoms with Crippen LogP contribution in [0.5, 0.6) is 5.75 Å². The Bertz CT molecular complexity index is 439. The molecule has 1 aromatic rings. The lowest BCUT2D eigenvalue weighted by Crippen LogP contribution is -2.22. The van der Waals surface area contributed by atoms with Crippen LogP contribution in [0.4, 0.5) is 20.2 Å². The number of nitro benzene ring substituents is 1. The van der Waals surface area contributed by atoms with E-state index in [0.717, 1.165) is 12.1 Å². The van der Waals surface area contributed by atoms with Gasteiger partial charge in [0.05, 0.1) is 11.5 Å². The molecule has 0 heterocycles. The van der Waals surface area contributed by atoms with E-state index in [1.165, 1.54) is 6.07 Å². The Balaban J connectivity index is 3.00. The minimum Gasteiger partial charge on any atom is -0.427 e. The predicted molar refractivity (Wildman–Crippen MR) is 64.5 cm³/mol. The van der Waals surface area contributed by atoms with Crippen molar-refractivity contribution in [3.8, 4) is 5.75 Å². The molecule has 0 aliphatic rings. The molecule has 0 aromatic heterocycles. The predicted octanol–water partition coefficient (Wildman–Crippen LogP) is 2.38. The molecule has 0 aliphatic carbocycles. The maximum atomic E-state index is 12.2. The van der Waals surface area contributed by atoms with Crippen molar-refractivity contribution in [2.24, 2.45) is 0 Å². The highest BCUT2D eigenvalue weighted by Crippen LogP contribution is 2.31. The first kappa shape index (κ1) is 15.1. The number of alkyl halides is 2. The van der Waals surface area contributed by atoms with Crippen molar-refractivity contribution >= 4 is 11.4 Å². The molecule has 1 rings (SSSR count). The van der Waals surface area contributed by atoms with Crippen molar-refractivity contribution in [3.05, 3.63) is 28.3 Å². The maximum Gasteiger partial charge on any atom is 0.387 e. The molecule has 1 aromatic carbocycles. The van der Waals surface area contributed by atoms with Crippen LogP contribution in [-0.4, -0.2) is 29.3 Å². The van der Waals surface area contributed by atoms with Gasteiger partial charge in [-0.2, -0.15) is 8.78 Å². The summed E-state index contributed by atoms with van der Waals surface area (Å²) in [5.41, 5.74) is -0.176. The molecule has 1 atom stereocenters. The first-order valence-corrected chi connectivity index (χ1v) is 5.58. The van der Waals surface area contributed by atoms with Crippen LogP contribution in [0.2, 0.25) is 0 Å². The fourth-order valence-electron chi connectivity index (χ4n) is 1.46. The van der Waals surface area contributed by atoms with E-state index >= 15 is 0 Å². The number of nitrogens with one attached hydrogen (secondary N) is 1. The first-order valence-electron chi connectivity index (χ1n) is 5.58. The van der Waals surface area contributed by atoms with E-state index in [9.17, 15) is 18.9 Å². The number of hydrogen-bond acceptors (Lipinski definition) is 5. The summed E-state index contributed by atoms with van der Waals surface area (Å²) in [4.78, 5) is 9.87. The fraction of sp³-hybridized carbons (Fsp3) is 0.455. The summed E-state index contributed by atoms with van der Waals surface area (Å²) in [6, 6.07) is 3.29. The van der Waals surface area contributed by atoms with Gasteiger partial charge in [0.2, 0.25) is 5.75 Å². The highest BCUT2D eigenvalue weighted by atomic mass is 19.3. The van der Waals surface area contributed by atoms with E-state index in [1.54, 1.807) is 0 Å². The van der Waals surface area contributed by atoms with E-state index in [1.807, 2.05) is 6.92 Å². The van der Waals surface area contributed by atoms with Gasteiger partial charge in [0.25, 0.3) is 0 Å². The molecule has 0 fully saturated rings. The molecule has 106 valence electrons. The average Bonchev–Trinajstić information content (AvgIpc) is 2.35. The number of benzene rings is 1. The molecular formula is C11H14F2N2O4. The second-order valence-corrected chi connectivity index (χ2v) is 3.75. The molecule has 0 aliphatic heterocycles. The third-order valence-electron chi connectivity index (χ3n) is 2.46. The highest BCUT2D eigenvalue weighted by Gasteiger charge is 2.19. The van der Waals surface area contributed by atoms with Crippen LogP contribution < -0.4 is 10.1 Å². The minimum absolute atomic E-state index is 0.140. The average molecular weight is 276 g/mol. The summed E-state index contributed by atoms with van der Waals surface area (Å²) >= 11 is 0. The Hall–Kier alpha value is -1.96. The largest absolute Gasteiger partial charge is 0.427 e. The van der Waals surface area contributed by atoms with Crippen LogP contribution in [0.3, 0.4) is 0 Å². The van der Waals surface area contributed by atoms with E-state index in [0.29, 0.717) is 12.1 Å². The Morgan fingerprint density at radius 3 is 2.68 bits per heavy atom. The zero-order valence-electron chi connectivity index (χ0n) is 10.2. The van der Waals surface area contributed by atoms with Gasteiger partial charge in [-0.1, -0.05) is 6.92 Å². The number of aliphatic hydroxyl groups is 1. The van der Waals surface area contributed by atoms with Gasteiger partial charge in [0.1, 0.15) is 0 Å². The van der Waals surface area contributed by atoms with Crippen molar-refractivity contribution in [2.45, 2.75) is 26.0 Å². The molecule has 6 nitrogen and oxygen atoms in total. The normalized spacial score (nSPS) is 12.3. The Labute approximate surface area is 108 Å². The molecule has 19 heavy (non-hydrogen) atoms. The molecule has 0 bridgehead atoms. The fourth-order valence-corrected chi connectivity index (χ4v) is 1.46. The van der Waals surface area contributed by atoms with Crippen LogP contribution in [0.15, 0.2) is 18.2 Å². The van der Waals surface area contributed by atoms with Crippen LogP contribution in [0.25, 0.3) is 0 Å². The van der Waals surface area contributed by atoms with Gasteiger partial charge in [-0.15, -0.1) is 0 Å².